The summed E-state index contributed by atoms with van der Waals surface area (Å²) in [5, 5.41) is 13.7. The highest BCUT2D eigenvalue weighted by Gasteiger charge is 2.28. The number of benzene rings is 2. The summed E-state index contributed by atoms with van der Waals surface area (Å²) >= 11 is 7.63. The molecule has 2 heterocycles. The van der Waals surface area contributed by atoms with Gasteiger partial charge in [0.1, 0.15) is 0 Å². The summed E-state index contributed by atoms with van der Waals surface area (Å²) in [4.78, 5) is 0. The van der Waals surface area contributed by atoms with Gasteiger partial charge in [0.25, 0.3) is 0 Å². The number of nitrogens with one attached hydrogen (secondary N) is 1. The second-order valence-electron chi connectivity index (χ2n) is 6.16. The van der Waals surface area contributed by atoms with Gasteiger partial charge in [-0.1, -0.05) is 53.3 Å². The van der Waals surface area contributed by atoms with E-state index >= 15 is 0 Å². The lowest BCUT2D eigenvalue weighted by molar-refractivity contribution is 0.599. The predicted octanol–water partition coefficient (Wildman–Crippen LogP) is 4.01. The molecule has 0 bridgehead atoms. The van der Waals surface area contributed by atoms with Crippen molar-refractivity contribution in [2.24, 2.45) is 0 Å². The van der Waals surface area contributed by atoms with Gasteiger partial charge in [0.05, 0.1) is 16.5 Å². The summed E-state index contributed by atoms with van der Waals surface area (Å²) in [6, 6.07) is 15.1. The zero-order valence-electron chi connectivity index (χ0n) is 14.3. The van der Waals surface area contributed by atoms with Crippen LogP contribution in [0.2, 0.25) is 5.02 Å². The Morgan fingerprint density at radius 3 is 2.78 bits per heavy atom. The van der Waals surface area contributed by atoms with Crippen LogP contribution in [0.3, 0.4) is 0 Å². The topological polar surface area (TPSA) is 75.2 Å². The Kier molecular flexibility index (Phi) is 5.03. The van der Waals surface area contributed by atoms with E-state index in [1.807, 2.05) is 48.5 Å². The van der Waals surface area contributed by atoms with Crippen molar-refractivity contribution in [3.05, 3.63) is 59.1 Å². The van der Waals surface area contributed by atoms with Crippen LogP contribution in [-0.4, -0.2) is 30.9 Å². The van der Waals surface area contributed by atoms with E-state index in [0.717, 1.165) is 16.1 Å². The molecule has 0 radical (unpaired) electrons. The third-order valence-electron chi connectivity index (χ3n) is 4.27. The molecule has 0 spiro atoms. The molecule has 1 N–H and O–H groups in total. The summed E-state index contributed by atoms with van der Waals surface area (Å²) in [6.07, 6.45) is 0.667. The third kappa shape index (κ3) is 3.92. The molecule has 0 unspecified atom stereocenters. The van der Waals surface area contributed by atoms with Crippen LogP contribution in [0.25, 0.3) is 10.6 Å². The Labute approximate surface area is 166 Å². The van der Waals surface area contributed by atoms with Gasteiger partial charge in [0, 0.05) is 18.7 Å². The van der Waals surface area contributed by atoms with Crippen molar-refractivity contribution >= 4 is 43.8 Å². The number of anilines is 2. The smallest absolute Gasteiger partial charge is 0.235 e. The van der Waals surface area contributed by atoms with E-state index in [4.69, 9.17) is 11.6 Å². The summed E-state index contributed by atoms with van der Waals surface area (Å²) in [7, 11) is -3.18. The standard InChI is InChI=1S/C18H17ClN4O2S2/c19-16-8-2-1-7-15(16)17-21-22-18(26-17)20-12-13-5-3-6-14(11-13)23-9-4-10-27(23,24)25/h1-3,5-8,11H,4,9-10,12H2,(H,20,22). The van der Waals surface area contributed by atoms with Gasteiger partial charge >= 0.3 is 0 Å². The van der Waals surface area contributed by atoms with Crippen molar-refractivity contribution in [1.29, 1.82) is 0 Å². The van der Waals surface area contributed by atoms with Crippen molar-refractivity contribution in [2.45, 2.75) is 13.0 Å². The molecule has 140 valence electrons. The van der Waals surface area contributed by atoms with Crippen LogP contribution in [0, 0.1) is 0 Å². The average Bonchev–Trinajstić information content (AvgIpc) is 3.26. The van der Waals surface area contributed by atoms with Crippen LogP contribution in [0.5, 0.6) is 0 Å². The van der Waals surface area contributed by atoms with Crippen LogP contribution in [0.4, 0.5) is 10.8 Å². The molecule has 0 atom stereocenters. The number of rotatable bonds is 5. The molecular formula is C18H17ClN4O2S2. The molecule has 27 heavy (non-hydrogen) atoms. The Bertz CT molecular complexity index is 1070. The molecule has 1 saturated heterocycles. The van der Waals surface area contributed by atoms with Crippen molar-refractivity contribution in [1.82, 2.24) is 10.2 Å². The Morgan fingerprint density at radius 1 is 1.15 bits per heavy atom. The monoisotopic (exact) mass is 420 g/mol. The molecule has 1 fully saturated rings. The minimum absolute atomic E-state index is 0.213. The van der Waals surface area contributed by atoms with Gasteiger partial charge in [0.15, 0.2) is 5.01 Å². The van der Waals surface area contributed by atoms with Crippen molar-refractivity contribution in [3.8, 4) is 10.6 Å². The quantitative estimate of drug-likeness (QED) is 0.674. The Balaban J connectivity index is 1.47. The van der Waals surface area contributed by atoms with Gasteiger partial charge in [-0.05, 0) is 30.2 Å². The van der Waals surface area contributed by atoms with E-state index in [2.05, 4.69) is 15.5 Å². The second kappa shape index (κ2) is 7.46. The lowest BCUT2D eigenvalue weighted by Gasteiger charge is -2.17. The molecule has 9 heteroatoms. The van der Waals surface area contributed by atoms with Crippen LogP contribution in [0.1, 0.15) is 12.0 Å². The molecular weight excluding hydrogens is 404 g/mol. The van der Waals surface area contributed by atoms with Gasteiger partial charge in [-0.15, -0.1) is 10.2 Å². The van der Waals surface area contributed by atoms with E-state index in [-0.39, 0.29) is 5.75 Å². The number of hydrogen-bond acceptors (Lipinski definition) is 6. The number of aromatic nitrogens is 2. The normalized spacial score (nSPS) is 15.8. The largest absolute Gasteiger partial charge is 0.356 e. The lowest BCUT2D eigenvalue weighted by Crippen LogP contribution is -2.25. The molecule has 1 aliphatic heterocycles. The number of nitrogens with zero attached hydrogens (tertiary/aromatic N) is 3. The number of sulfonamides is 1. The minimum Gasteiger partial charge on any atom is -0.356 e. The van der Waals surface area contributed by atoms with Crippen molar-refractivity contribution < 1.29 is 8.42 Å². The first-order chi connectivity index (χ1) is 13.0. The molecule has 4 rings (SSSR count). The first-order valence-electron chi connectivity index (χ1n) is 8.44. The SMILES string of the molecule is O=S1(=O)CCCN1c1cccc(CNc2nnc(-c3ccccc3Cl)s2)c1. The molecule has 2 aromatic carbocycles. The first-order valence-corrected chi connectivity index (χ1v) is 11.2. The summed E-state index contributed by atoms with van der Waals surface area (Å²) in [6.45, 7) is 1.07. The van der Waals surface area contributed by atoms with Crippen LogP contribution < -0.4 is 9.62 Å². The number of halogens is 1. The Hall–Kier alpha value is -2.16. The maximum atomic E-state index is 12.1. The molecule has 6 nitrogen and oxygen atoms in total. The molecule has 3 aromatic rings. The zero-order chi connectivity index (χ0) is 18.9. The van der Waals surface area contributed by atoms with Crippen molar-refractivity contribution in [3.63, 3.8) is 0 Å². The van der Waals surface area contributed by atoms with E-state index in [1.54, 1.807) is 0 Å². The fourth-order valence-corrected chi connectivity index (χ4v) is 5.58. The lowest BCUT2D eigenvalue weighted by atomic mass is 10.2. The second-order valence-corrected chi connectivity index (χ2v) is 9.55. The molecule has 1 aromatic heterocycles. The molecule has 1 aliphatic rings. The van der Waals surface area contributed by atoms with Gasteiger partial charge in [-0.25, -0.2) is 8.42 Å². The Morgan fingerprint density at radius 2 is 2.00 bits per heavy atom. The maximum Gasteiger partial charge on any atom is 0.235 e. The van der Waals surface area contributed by atoms with Gasteiger partial charge in [-0.3, -0.25) is 4.31 Å². The molecule has 0 amide bonds. The van der Waals surface area contributed by atoms with Gasteiger partial charge in [-0.2, -0.15) is 0 Å². The average molecular weight is 421 g/mol. The van der Waals surface area contributed by atoms with Gasteiger partial charge in [0.2, 0.25) is 15.2 Å². The van der Waals surface area contributed by atoms with E-state index in [9.17, 15) is 8.42 Å². The van der Waals surface area contributed by atoms with Crippen LogP contribution >= 0.6 is 22.9 Å². The highest BCUT2D eigenvalue weighted by Crippen LogP contribution is 2.32. The van der Waals surface area contributed by atoms with Crippen LogP contribution in [-0.2, 0) is 16.6 Å². The predicted molar refractivity (Wildman–Crippen MR) is 110 cm³/mol. The highest BCUT2D eigenvalue weighted by molar-refractivity contribution is 7.93. The summed E-state index contributed by atoms with van der Waals surface area (Å²) in [5.74, 6) is 0.213. The van der Waals surface area contributed by atoms with E-state index in [1.165, 1.54) is 15.6 Å². The maximum absolute atomic E-state index is 12.1. The molecule has 0 saturated carbocycles. The van der Waals surface area contributed by atoms with E-state index in [0.29, 0.717) is 35.4 Å². The van der Waals surface area contributed by atoms with Crippen molar-refractivity contribution in [2.75, 3.05) is 21.9 Å². The zero-order valence-corrected chi connectivity index (χ0v) is 16.7. The fraction of sp³-hybridized carbons (Fsp3) is 0.222. The van der Waals surface area contributed by atoms with Gasteiger partial charge < -0.3 is 5.32 Å². The summed E-state index contributed by atoms with van der Waals surface area (Å²) in [5.41, 5.74) is 2.54. The third-order valence-corrected chi connectivity index (χ3v) is 7.38. The van der Waals surface area contributed by atoms with Crippen LogP contribution in [0.15, 0.2) is 48.5 Å². The minimum atomic E-state index is -3.18. The first kappa shape index (κ1) is 18.2. The summed E-state index contributed by atoms with van der Waals surface area (Å²) < 4.78 is 25.7. The van der Waals surface area contributed by atoms with E-state index < -0.39 is 10.0 Å². The molecule has 0 aliphatic carbocycles. The fourth-order valence-electron chi connectivity index (χ4n) is 2.97. The highest BCUT2D eigenvalue weighted by atomic mass is 35.5. The number of hydrogen-bond donors (Lipinski definition) is 1.